The van der Waals surface area contributed by atoms with E-state index >= 15 is 0 Å². The number of hydrogen-bond acceptors (Lipinski definition) is 3. The molecule has 6 heteroatoms. The highest BCUT2D eigenvalue weighted by atomic mass is 19.1. The quantitative estimate of drug-likeness (QED) is 0.610. The van der Waals surface area contributed by atoms with E-state index in [1.165, 1.54) is 25.0 Å². The molecule has 3 rings (SSSR count). The molecular formula is C22H27FN2O3. The van der Waals surface area contributed by atoms with Crippen molar-refractivity contribution < 1.29 is 18.7 Å². The fourth-order valence-electron chi connectivity index (χ4n) is 2.93. The predicted molar refractivity (Wildman–Crippen MR) is 106 cm³/mol. The van der Waals surface area contributed by atoms with Gasteiger partial charge in [-0.15, -0.1) is 0 Å². The largest absolute Gasteiger partial charge is 0.497 e. The first-order valence-corrected chi connectivity index (χ1v) is 9.64. The molecule has 0 saturated heterocycles. The van der Waals surface area contributed by atoms with Crippen LogP contribution in [0.15, 0.2) is 48.5 Å². The minimum Gasteiger partial charge on any atom is -0.497 e. The first-order chi connectivity index (χ1) is 13.6. The Morgan fingerprint density at radius 3 is 2.50 bits per heavy atom. The SMILES string of the molecule is COc1ccc(C(Cc2ccc(F)cc2)NC(=O)NCCOCC2CC2)cc1. The van der Waals surface area contributed by atoms with E-state index < -0.39 is 0 Å². The van der Waals surface area contributed by atoms with Crippen molar-refractivity contribution in [2.75, 3.05) is 26.9 Å². The number of amides is 2. The molecule has 0 heterocycles. The molecule has 1 aliphatic rings. The lowest BCUT2D eigenvalue weighted by Gasteiger charge is -2.20. The number of urea groups is 1. The van der Waals surface area contributed by atoms with E-state index in [0.29, 0.717) is 25.5 Å². The predicted octanol–water partition coefficient (Wildman–Crippen LogP) is 3.84. The second-order valence-electron chi connectivity index (χ2n) is 7.07. The molecule has 2 aromatic rings. The number of nitrogens with one attached hydrogen (secondary N) is 2. The minimum absolute atomic E-state index is 0.247. The van der Waals surface area contributed by atoms with Crippen molar-refractivity contribution >= 4 is 6.03 Å². The Morgan fingerprint density at radius 2 is 1.86 bits per heavy atom. The van der Waals surface area contributed by atoms with Gasteiger partial charge in [-0.2, -0.15) is 0 Å². The first kappa shape index (κ1) is 20.1. The Hall–Kier alpha value is -2.60. The van der Waals surface area contributed by atoms with Crippen LogP contribution in [0.2, 0.25) is 0 Å². The topological polar surface area (TPSA) is 59.6 Å². The van der Waals surface area contributed by atoms with Gasteiger partial charge in [0.05, 0.1) is 19.8 Å². The van der Waals surface area contributed by atoms with Crippen LogP contribution in [0, 0.1) is 11.7 Å². The number of rotatable bonds is 10. The van der Waals surface area contributed by atoms with Gasteiger partial charge < -0.3 is 20.1 Å². The van der Waals surface area contributed by atoms with Crippen molar-refractivity contribution in [1.29, 1.82) is 0 Å². The normalized spacial score (nSPS) is 14.4. The number of halogens is 1. The molecule has 5 nitrogen and oxygen atoms in total. The molecule has 2 aromatic carbocycles. The molecule has 150 valence electrons. The van der Waals surface area contributed by atoms with Gasteiger partial charge in [0.25, 0.3) is 0 Å². The Bertz CT molecular complexity index is 745. The molecule has 1 unspecified atom stereocenters. The average Bonchev–Trinajstić information content (AvgIpc) is 3.53. The van der Waals surface area contributed by atoms with Gasteiger partial charge in [0, 0.05) is 13.2 Å². The van der Waals surface area contributed by atoms with E-state index in [1.807, 2.05) is 24.3 Å². The number of methoxy groups -OCH3 is 1. The third-order valence-corrected chi connectivity index (χ3v) is 4.76. The van der Waals surface area contributed by atoms with E-state index in [2.05, 4.69) is 10.6 Å². The molecule has 0 spiro atoms. The summed E-state index contributed by atoms with van der Waals surface area (Å²) in [6, 6.07) is 13.4. The van der Waals surface area contributed by atoms with Crippen molar-refractivity contribution in [2.24, 2.45) is 5.92 Å². The lowest BCUT2D eigenvalue weighted by atomic mass is 9.99. The van der Waals surface area contributed by atoms with Gasteiger partial charge >= 0.3 is 6.03 Å². The van der Waals surface area contributed by atoms with Gasteiger partial charge in [0.2, 0.25) is 0 Å². The number of carbonyl (C=O) groups is 1. The maximum absolute atomic E-state index is 13.2. The number of ether oxygens (including phenoxy) is 2. The Labute approximate surface area is 165 Å². The zero-order valence-corrected chi connectivity index (χ0v) is 16.1. The van der Waals surface area contributed by atoms with Crippen LogP contribution in [0.1, 0.15) is 30.0 Å². The minimum atomic E-state index is -0.276. The molecule has 0 aliphatic heterocycles. The van der Waals surface area contributed by atoms with Crippen LogP contribution < -0.4 is 15.4 Å². The summed E-state index contributed by atoms with van der Waals surface area (Å²) in [5.74, 6) is 1.19. The fourth-order valence-corrected chi connectivity index (χ4v) is 2.93. The number of hydrogen-bond donors (Lipinski definition) is 2. The fraction of sp³-hybridized carbons (Fsp3) is 0.409. The summed E-state index contributed by atoms with van der Waals surface area (Å²) < 4.78 is 23.9. The van der Waals surface area contributed by atoms with E-state index in [1.54, 1.807) is 19.2 Å². The molecule has 1 aliphatic carbocycles. The van der Waals surface area contributed by atoms with Crippen LogP contribution in [0.25, 0.3) is 0 Å². The van der Waals surface area contributed by atoms with Crippen LogP contribution in [0.4, 0.5) is 9.18 Å². The van der Waals surface area contributed by atoms with Crippen molar-refractivity contribution in [1.82, 2.24) is 10.6 Å². The molecule has 2 N–H and O–H groups in total. The van der Waals surface area contributed by atoms with E-state index in [0.717, 1.165) is 23.5 Å². The standard InChI is InChI=1S/C22H27FN2O3/c1-27-20-10-6-18(7-11-20)21(14-16-4-8-19(23)9-5-16)25-22(26)24-12-13-28-15-17-2-3-17/h4-11,17,21H,2-3,12-15H2,1H3,(H2,24,25,26). The van der Waals surface area contributed by atoms with E-state index in [4.69, 9.17) is 9.47 Å². The van der Waals surface area contributed by atoms with E-state index in [9.17, 15) is 9.18 Å². The van der Waals surface area contributed by atoms with Gasteiger partial charge in [0.1, 0.15) is 11.6 Å². The summed E-state index contributed by atoms with van der Waals surface area (Å²) in [7, 11) is 1.61. The number of carbonyl (C=O) groups excluding carboxylic acids is 1. The molecule has 0 aromatic heterocycles. The van der Waals surface area contributed by atoms with Crippen molar-refractivity contribution in [2.45, 2.75) is 25.3 Å². The summed E-state index contributed by atoms with van der Waals surface area (Å²) in [4.78, 5) is 12.3. The van der Waals surface area contributed by atoms with Crippen LogP contribution in [-0.2, 0) is 11.2 Å². The maximum Gasteiger partial charge on any atom is 0.315 e. The van der Waals surface area contributed by atoms with E-state index in [-0.39, 0.29) is 17.9 Å². The molecular weight excluding hydrogens is 359 g/mol. The van der Waals surface area contributed by atoms with Gasteiger partial charge in [0.15, 0.2) is 0 Å². The van der Waals surface area contributed by atoms with Crippen molar-refractivity contribution in [3.8, 4) is 5.75 Å². The summed E-state index contributed by atoms with van der Waals surface area (Å²) in [5.41, 5.74) is 1.89. The third-order valence-electron chi connectivity index (χ3n) is 4.76. The third kappa shape index (κ3) is 6.53. The Kier molecular flexibility index (Phi) is 7.25. The van der Waals surface area contributed by atoms with Crippen LogP contribution in [0.5, 0.6) is 5.75 Å². The average molecular weight is 386 g/mol. The lowest BCUT2D eigenvalue weighted by Crippen LogP contribution is -2.40. The summed E-state index contributed by atoms with van der Waals surface area (Å²) >= 11 is 0. The molecule has 0 radical (unpaired) electrons. The van der Waals surface area contributed by atoms with Gasteiger partial charge in [-0.25, -0.2) is 9.18 Å². The summed E-state index contributed by atoms with van der Waals surface area (Å²) in [6.07, 6.45) is 3.06. The second kappa shape index (κ2) is 10.1. The van der Waals surface area contributed by atoms with Gasteiger partial charge in [-0.1, -0.05) is 24.3 Å². The Balaban J connectivity index is 1.57. The molecule has 0 bridgehead atoms. The van der Waals surface area contributed by atoms with Crippen LogP contribution in [0.3, 0.4) is 0 Å². The smallest absolute Gasteiger partial charge is 0.315 e. The monoisotopic (exact) mass is 386 g/mol. The number of benzene rings is 2. The molecule has 1 saturated carbocycles. The first-order valence-electron chi connectivity index (χ1n) is 9.64. The van der Waals surface area contributed by atoms with Crippen LogP contribution >= 0.6 is 0 Å². The molecule has 1 atom stereocenters. The van der Waals surface area contributed by atoms with Crippen molar-refractivity contribution in [3.63, 3.8) is 0 Å². The zero-order valence-electron chi connectivity index (χ0n) is 16.1. The highest BCUT2D eigenvalue weighted by molar-refractivity contribution is 5.74. The van der Waals surface area contributed by atoms with Gasteiger partial charge in [-0.3, -0.25) is 0 Å². The maximum atomic E-state index is 13.2. The van der Waals surface area contributed by atoms with Crippen LogP contribution in [-0.4, -0.2) is 32.9 Å². The van der Waals surface area contributed by atoms with Gasteiger partial charge in [-0.05, 0) is 60.6 Å². The highest BCUT2D eigenvalue weighted by Gasteiger charge is 2.21. The van der Waals surface area contributed by atoms with Crippen molar-refractivity contribution in [3.05, 3.63) is 65.5 Å². The molecule has 28 heavy (non-hydrogen) atoms. The lowest BCUT2D eigenvalue weighted by molar-refractivity contribution is 0.126. The summed E-state index contributed by atoms with van der Waals surface area (Å²) in [6.45, 7) is 1.75. The molecule has 1 fully saturated rings. The zero-order chi connectivity index (χ0) is 19.8. The highest BCUT2D eigenvalue weighted by Crippen LogP contribution is 2.28. The second-order valence-corrected chi connectivity index (χ2v) is 7.07. The Morgan fingerprint density at radius 1 is 1.14 bits per heavy atom. The molecule has 2 amide bonds. The summed E-state index contributed by atoms with van der Waals surface area (Å²) in [5, 5.41) is 5.84.